The van der Waals surface area contributed by atoms with Gasteiger partial charge >= 0.3 is 0 Å². The molecule has 0 amide bonds. The summed E-state index contributed by atoms with van der Waals surface area (Å²) in [6, 6.07) is 44.8. The topological polar surface area (TPSA) is 9.23 Å². The van der Waals surface area contributed by atoms with Gasteiger partial charge in [-0.2, -0.15) is 0 Å². The first kappa shape index (κ1) is 22.9. The normalized spacial score (nSPS) is 11.6. The fraction of sp³-hybridized carbons (Fsp3) is 0.0667. The van der Waals surface area contributed by atoms with Crippen LogP contribution >= 0.6 is 0 Å². The summed E-state index contributed by atoms with van der Waals surface area (Å²) >= 11 is 0. The summed E-state index contributed by atoms with van der Waals surface area (Å²) < 4.78 is 7.79. The lowest BCUT2D eigenvalue weighted by Gasteiger charge is -2.43. The Labute approximate surface area is 200 Å². The molecule has 0 bridgehead atoms. The van der Waals surface area contributed by atoms with Crippen molar-refractivity contribution in [3.05, 3.63) is 147 Å². The van der Waals surface area contributed by atoms with E-state index in [2.05, 4.69) is 134 Å². The van der Waals surface area contributed by atoms with Crippen LogP contribution in [0.25, 0.3) is 0 Å². The van der Waals surface area contributed by atoms with Crippen LogP contribution in [-0.2, 0) is 4.12 Å². The number of rotatable bonds is 10. The second kappa shape index (κ2) is 10.6. The molecule has 33 heavy (non-hydrogen) atoms. The van der Waals surface area contributed by atoms with Gasteiger partial charge in [-0.25, -0.2) is 0 Å². The maximum Gasteiger partial charge on any atom is 0.278 e. The van der Waals surface area contributed by atoms with Crippen molar-refractivity contribution in [3.8, 4) is 0 Å². The highest BCUT2D eigenvalue weighted by molar-refractivity contribution is 7.12. The molecule has 0 heterocycles. The van der Waals surface area contributed by atoms with Gasteiger partial charge in [-0.3, -0.25) is 0 Å². The Morgan fingerprint density at radius 1 is 0.485 bits per heavy atom. The lowest BCUT2D eigenvalue weighted by atomic mass is 10.3. The van der Waals surface area contributed by atoms with Gasteiger partial charge in [-0.05, 0) is 32.8 Å². The zero-order valence-corrected chi connectivity index (χ0v) is 20.9. The summed E-state index contributed by atoms with van der Waals surface area (Å²) in [5.74, 6) is 0. The van der Waals surface area contributed by atoms with Crippen molar-refractivity contribution in [2.24, 2.45) is 0 Å². The molecule has 3 heteroatoms. The molecule has 0 aliphatic rings. The van der Waals surface area contributed by atoms with E-state index in [1.807, 2.05) is 12.2 Å². The van der Waals surface area contributed by atoms with Crippen molar-refractivity contribution in [3.63, 3.8) is 0 Å². The number of benzene rings is 4. The molecule has 164 valence electrons. The third-order valence-electron chi connectivity index (χ3n) is 6.14. The van der Waals surface area contributed by atoms with E-state index in [1.165, 1.54) is 20.7 Å². The van der Waals surface area contributed by atoms with E-state index in [0.717, 1.165) is 12.1 Å². The molecular formula is C30H30OSi2. The van der Waals surface area contributed by atoms with Gasteiger partial charge in [0.25, 0.3) is 8.32 Å². The third kappa shape index (κ3) is 4.62. The molecule has 0 radical (unpaired) electrons. The maximum absolute atomic E-state index is 7.79. The van der Waals surface area contributed by atoms with E-state index in [1.54, 1.807) is 0 Å². The second-order valence-corrected chi connectivity index (χ2v) is 15.5. The zero-order chi connectivity index (χ0) is 23.0. The minimum Gasteiger partial charge on any atom is -0.441 e. The first-order valence-electron chi connectivity index (χ1n) is 11.4. The Morgan fingerprint density at radius 3 is 1.09 bits per heavy atom. The quantitative estimate of drug-likeness (QED) is 0.185. The third-order valence-corrected chi connectivity index (χ3v) is 15.6. The smallest absolute Gasteiger partial charge is 0.278 e. The Bertz CT molecular complexity index is 1050. The van der Waals surface area contributed by atoms with Gasteiger partial charge in [0.05, 0.1) is 0 Å². The summed E-state index contributed by atoms with van der Waals surface area (Å²) in [6.45, 7) is 8.27. The summed E-state index contributed by atoms with van der Waals surface area (Å²) in [5.41, 5.74) is 0. The summed E-state index contributed by atoms with van der Waals surface area (Å²) in [4.78, 5) is 0. The maximum atomic E-state index is 7.79. The molecule has 1 nitrogen and oxygen atoms in total. The molecule has 0 atom stereocenters. The van der Waals surface area contributed by atoms with Crippen LogP contribution in [0.15, 0.2) is 147 Å². The van der Waals surface area contributed by atoms with Gasteiger partial charge in [-0.1, -0.05) is 133 Å². The Hall–Kier alpha value is -3.25. The molecule has 0 N–H and O–H groups in total. The lowest BCUT2D eigenvalue weighted by molar-refractivity contribution is 0.575. The summed E-state index contributed by atoms with van der Waals surface area (Å²) in [5, 5.41) is 5.04. The van der Waals surface area contributed by atoms with Gasteiger partial charge < -0.3 is 4.12 Å². The standard InChI is InChI=1S/C30H30OSi2/c1-3-25-32(26-4-2,27-17-9-5-10-18-27)31-33(28-19-11-6-12-20-28,29-21-13-7-14-22-29)30-23-15-8-16-24-30/h3-24H,1-2,25-26H2. The number of allylic oxidation sites excluding steroid dienone is 2. The molecule has 0 saturated carbocycles. The van der Waals surface area contributed by atoms with E-state index < -0.39 is 16.6 Å². The second-order valence-electron chi connectivity index (χ2n) is 8.23. The summed E-state index contributed by atoms with van der Waals surface area (Å²) in [6.07, 6.45) is 4.06. The molecule has 0 fully saturated rings. The van der Waals surface area contributed by atoms with Gasteiger partial charge in [0.1, 0.15) is 0 Å². The fourth-order valence-electron chi connectivity index (χ4n) is 4.66. The largest absolute Gasteiger partial charge is 0.441 e. The molecule has 0 aliphatic heterocycles. The van der Waals surface area contributed by atoms with Crippen LogP contribution in [0, 0.1) is 0 Å². The van der Waals surface area contributed by atoms with Crippen LogP contribution in [-0.4, -0.2) is 16.6 Å². The highest BCUT2D eigenvalue weighted by Crippen LogP contribution is 2.25. The van der Waals surface area contributed by atoms with E-state index in [4.69, 9.17) is 4.12 Å². The predicted octanol–water partition coefficient (Wildman–Crippen LogP) is 4.89. The van der Waals surface area contributed by atoms with Gasteiger partial charge in [-0.15, -0.1) is 13.2 Å². The van der Waals surface area contributed by atoms with Gasteiger partial charge in [0.2, 0.25) is 8.32 Å². The van der Waals surface area contributed by atoms with E-state index in [0.29, 0.717) is 0 Å². The molecule has 0 unspecified atom stereocenters. The zero-order valence-electron chi connectivity index (χ0n) is 18.9. The van der Waals surface area contributed by atoms with E-state index in [9.17, 15) is 0 Å². The lowest BCUT2D eigenvalue weighted by Crippen LogP contribution is -2.74. The molecule has 4 rings (SSSR count). The molecule has 0 saturated heterocycles. The van der Waals surface area contributed by atoms with Crippen LogP contribution in [0.2, 0.25) is 12.1 Å². The van der Waals surface area contributed by atoms with Crippen molar-refractivity contribution in [2.45, 2.75) is 12.1 Å². The van der Waals surface area contributed by atoms with Crippen molar-refractivity contribution in [1.29, 1.82) is 0 Å². The van der Waals surface area contributed by atoms with Crippen LogP contribution in [0.3, 0.4) is 0 Å². The van der Waals surface area contributed by atoms with Crippen molar-refractivity contribution in [2.75, 3.05) is 0 Å². The Morgan fingerprint density at radius 2 is 0.788 bits per heavy atom. The molecule has 0 spiro atoms. The SMILES string of the molecule is C=CC[Si](CC=C)(O[Si](c1ccccc1)(c1ccccc1)c1ccccc1)c1ccccc1. The van der Waals surface area contributed by atoms with Crippen LogP contribution in [0.1, 0.15) is 0 Å². The number of hydrogen-bond donors (Lipinski definition) is 0. The average Bonchev–Trinajstić information content (AvgIpc) is 2.89. The highest BCUT2D eigenvalue weighted by Gasteiger charge is 2.49. The molecule has 4 aromatic carbocycles. The minimum atomic E-state index is -2.85. The monoisotopic (exact) mass is 462 g/mol. The molecule has 0 aliphatic carbocycles. The van der Waals surface area contributed by atoms with Crippen LogP contribution in [0.4, 0.5) is 0 Å². The Kier molecular flexibility index (Phi) is 7.35. The average molecular weight is 463 g/mol. The predicted molar refractivity (Wildman–Crippen MR) is 147 cm³/mol. The highest BCUT2D eigenvalue weighted by atomic mass is 28.4. The molecule has 4 aromatic rings. The van der Waals surface area contributed by atoms with E-state index in [-0.39, 0.29) is 0 Å². The van der Waals surface area contributed by atoms with Gasteiger partial charge in [0, 0.05) is 0 Å². The van der Waals surface area contributed by atoms with Crippen molar-refractivity contribution >= 4 is 37.4 Å². The molecule has 0 aromatic heterocycles. The van der Waals surface area contributed by atoms with Crippen LogP contribution in [0.5, 0.6) is 0 Å². The van der Waals surface area contributed by atoms with Crippen molar-refractivity contribution < 1.29 is 4.12 Å². The van der Waals surface area contributed by atoms with E-state index >= 15 is 0 Å². The van der Waals surface area contributed by atoms with Crippen molar-refractivity contribution in [1.82, 2.24) is 0 Å². The summed E-state index contributed by atoms with van der Waals surface area (Å²) in [7, 11) is -5.38. The first-order chi connectivity index (χ1) is 16.2. The molecular weight excluding hydrogens is 433 g/mol. The number of hydrogen-bond acceptors (Lipinski definition) is 1. The minimum absolute atomic E-state index is 0.824. The van der Waals surface area contributed by atoms with Gasteiger partial charge in [0.15, 0.2) is 0 Å². The first-order valence-corrected chi connectivity index (χ1v) is 15.6. The van der Waals surface area contributed by atoms with Crippen LogP contribution < -0.4 is 20.7 Å². The Balaban J connectivity index is 2.05. The fourth-order valence-corrected chi connectivity index (χ4v) is 14.9.